The van der Waals surface area contributed by atoms with E-state index in [9.17, 15) is 9.90 Å². The molecule has 4 aromatic rings. The van der Waals surface area contributed by atoms with Gasteiger partial charge in [0.2, 0.25) is 5.95 Å². The van der Waals surface area contributed by atoms with E-state index in [0.717, 1.165) is 72.5 Å². The predicted octanol–water partition coefficient (Wildman–Crippen LogP) is 5.17. The summed E-state index contributed by atoms with van der Waals surface area (Å²) >= 11 is 0. The first-order valence-corrected chi connectivity index (χ1v) is 18.3. The number of fused-ring (bicyclic) bond motifs is 1. The molecule has 1 amide bonds. The van der Waals surface area contributed by atoms with E-state index < -0.39 is 0 Å². The Morgan fingerprint density at radius 1 is 0.898 bits per heavy atom. The van der Waals surface area contributed by atoms with E-state index in [-0.39, 0.29) is 18.1 Å². The first kappa shape index (κ1) is 32.4. The van der Waals surface area contributed by atoms with Crippen molar-refractivity contribution in [3.05, 3.63) is 53.5 Å². The Morgan fingerprint density at radius 2 is 1.63 bits per heavy atom. The van der Waals surface area contributed by atoms with E-state index in [4.69, 9.17) is 9.97 Å². The molecule has 1 aromatic carbocycles. The summed E-state index contributed by atoms with van der Waals surface area (Å²) < 4.78 is 4.05. The summed E-state index contributed by atoms with van der Waals surface area (Å²) in [5.41, 5.74) is 7.66. The molecule has 1 spiro atoms. The second-order valence-electron chi connectivity index (χ2n) is 15.5. The third-order valence-electron chi connectivity index (χ3n) is 12.1. The number of carbonyl (C=O) groups excluding carboxylic acids is 1. The smallest absolute Gasteiger partial charge is 0.258 e. The maximum atomic E-state index is 13.9. The van der Waals surface area contributed by atoms with Crippen LogP contribution in [0, 0.1) is 19.3 Å². The Hall–Kier alpha value is -3.80. The van der Waals surface area contributed by atoms with Crippen molar-refractivity contribution in [3.63, 3.8) is 0 Å². The zero-order valence-electron chi connectivity index (χ0n) is 29.5. The third kappa shape index (κ3) is 6.25. The number of amides is 1. The normalized spacial score (nSPS) is 23.7. The molecule has 0 unspecified atom stereocenters. The summed E-state index contributed by atoms with van der Waals surface area (Å²) in [7, 11) is 4.16. The Morgan fingerprint density at radius 3 is 2.33 bits per heavy atom. The first-order valence-electron chi connectivity index (χ1n) is 18.3. The van der Waals surface area contributed by atoms with Crippen molar-refractivity contribution in [3.8, 4) is 11.3 Å². The van der Waals surface area contributed by atoms with Gasteiger partial charge in [-0.2, -0.15) is 5.10 Å². The van der Waals surface area contributed by atoms with Gasteiger partial charge in [-0.05, 0) is 121 Å². The molecule has 4 aliphatic rings. The van der Waals surface area contributed by atoms with Crippen LogP contribution < -0.4 is 10.2 Å². The van der Waals surface area contributed by atoms with Gasteiger partial charge in [0.05, 0.1) is 29.0 Å². The Labute approximate surface area is 289 Å². The number of benzene rings is 1. The van der Waals surface area contributed by atoms with Crippen LogP contribution in [0.5, 0.6) is 0 Å². The number of nitrogens with one attached hydrogen (secondary N) is 1. The lowest BCUT2D eigenvalue weighted by Gasteiger charge is -2.57. The number of aliphatic hydroxyl groups is 1. The van der Waals surface area contributed by atoms with Gasteiger partial charge in [0.15, 0.2) is 0 Å². The number of carbonyl (C=O) groups is 1. The van der Waals surface area contributed by atoms with Gasteiger partial charge in [-0.15, -0.1) is 0 Å². The lowest BCUT2D eigenvalue weighted by molar-refractivity contribution is -0.0704. The number of aryl methyl sites for hydroxylation is 2. The van der Waals surface area contributed by atoms with E-state index in [2.05, 4.69) is 54.9 Å². The SMILES string of the molecule is Cc1cc(C(=O)Nc2nc3ccc(N4CCC(N5CC6(CCN(C)CC6)C5)CC4)cc3n2[C@H]2CC[C@@H](O)CC2)cc(-c2cnn(C)c2C)n1. The summed E-state index contributed by atoms with van der Waals surface area (Å²) in [6.45, 7) is 11.1. The lowest BCUT2D eigenvalue weighted by Crippen LogP contribution is -2.63. The van der Waals surface area contributed by atoms with Crippen LogP contribution in [-0.2, 0) is 7.05 Å². The molecule has 0 atom stereocenters. The quantitative estimate of drug-likeness (QED) is 0.291. The van der Waals surface area contributed by atoms with Crippen LogP contribution in [0.25, 0.3) is 22.3 Å². The molecule has 3 saturated heterocycles. The van der Waals surface area contributed by atoms with Crippen LogP contribution >= 0.6 is 0 Å². The molecule has 11 nitrogen and oxygen atoms in total. The van der Waals surface area contributed by atoms with Crippen LogP contribution in [0.4, 0.5) is 11.6 Å². The van der Waals surface area contributed by atoms with Crippen molar-refractivity contribution >= 4 is 28.6 Å². The molecular formula is C38H51N9O2. The summed E-state index contributed by atoms with van der Waals surface area (Å²) in [5, 5.41) is 17.9. The third-order valence-corrected chi connectivity index (χ3v) is 12.1. The fraction of sp³-hybridized carbons (Fsp3) is 0.579. The summed E-state index contributed by atoms with van der Waals surface area (Å²) in [6, 6.07) is 11.1. The topological polar surface area (TPSA) is 108 Å². The summed E-state index contributed by atoms with van der Waals surface area (Å²) in [4.78, 5) is 31.4. The number of aliphatic hydroxyl groups excluding tert-OH is 1. The van der Waals surface area contributed by atoms with Crippen LogP contribution in [-0.4, -0.2) is 104 Å². The predicted molar refractivity (Wildman–Crippen MR) is 193 cm³/mol. The number of imidazole rings is 1. The molecule has 0 bridgehead atoms. The lowest BCUT2D eigenvalue weighted by atomic mass is 9.71. The molecule has 1 aliphatic carbocycles. The van der Waals surface area contributed by atoms with Gasteiger partial charge in [0.1, 0.15) is 0 Å². The van der Waals surface area contributed by atoms with Crippen molar-refractivity contribution < 1.29 is 9.90 Å². The standard InChI is InChI=1S/C38H51N9O2/c1-25-19-27(20-34(40-25)32-22-39-44(4)26(32)2)36(49)42-37-41-33-10-7-30(21-35(33)47(37)29-5-8-31(48)9-6-29)45-15-11-28(12-16-45)46-23-38(24-46)13-17-43(3)18-14-38/h7,10,19-22,28-29,31,48H,5-6,8-9,11-18,23-24H2,1-4H3,(H,41,42,49)/t29-,31+. The van der Waals surface area contributed by atoms with Crippen LogP contribution in [0.3, 0.4) is 0 Å². The van der Waals surface area contributed by atoms with Gasteiger partial charge in [0, 0.05) is 73.5 Å². The molecule has 4 fully saturated rings. The van der Waals surface area contributed by atoms with Crippen molar-refractivity contribution in [1.82, 2.24) is 34.1 Å². The molecule has 2 N–H and O–H groups in total. The Bertz CT molecular complexity index is 1830. The van der Waals surface area contributed by atoms with E-state index in [1.165, 1.54) is 57.5 Å². The molecule has 6 heterocycles. The van der Waals surface area contributed by atoms with Crippen LogP contribution in [0.15, 0.2) is 36.5 Å². The molecule has 11 heteroatoms. The van der Waals surface area contributed by atoms with Gasteiger partial charge < -0.3 is 19.5 Å². The monoisotopic (exact) mass is 665 g/mol. The zero-order chi connectivity index (χ0) is 33.9. The highest BCUT2D eigenvalue weighted by Crippen LogP contribution is 2.43. The number of piperidine rings is 2. The highest BCUT2D eigenvalue weighted by molar-refractivity contribution is 6.05. The van der Waals surface area contributed by atoms with Crippen LogP contribution in [0.2, 0.25) is 0 Å². The average molecular weight is 666 g/mol. The van der Waals surface area contributed by atoms with Gasteiger partial charge in [-0.3, -0.25) is 24.7 Å². The minimum absolute atomic E-state index is 0.149. The number of anilines is 2. The number of hydrogen-bond acceptors (Lipinski definition) is 8. The van der Waals surface area contributed by atoms with E-state index in [1.807, 2.05) is 37.7 Å². The second-order valence-corrected chi connectivity index (χ2v) is 15.5. The molecule has 8 rings (SSSR count). The Balaban J connectivity index is 1.02. The number of nitrogens with zero attached hydrogens (tertiary/aromatic N) is 8. The number of hydrogen-bond donors (Lipinski definition) is 2. The molecule has 0 radical (unpaired) electrons. The molecule has 3 aromatic heterocycles. The van der Waals surface area contributed by atoms with Crippen molar-refractivity contribution in [2.75, 3.05) is 56.5 Å². The van der Waals surface area contributed by atoms with Gasteiger partial charge in [-0.1, -0.05) is 0 Å². The fourth-order valence-electron chi connectivity index (χ4n) is 8.89. The largest absolute Gasteiger partial charge is 0.393 e. The van der Waals surface area contributed by atoms with Gasteiger partial charge in [0.25, 0.3) is 5.91 Å². The molecule has 1 saturated carbocycles. The van der Waals surface area contributed by atoms with E-state index in [0.29, 0.717) is 23.0 Å². The molecule has 260 valence electrons. The molecule has 3 aliphatic heterocycles. The number of aromatic nitrogens is 5. The van der Waals surface area contributed by atoms with Crippen molar-refractivity contribution in [2.45, 2.75) is 83.4 Å². The highest BCUT2D eigenvalue weighted by atomic mass is 16.3. The second kappa shape index (κ2) is 12.8. The van der Waals surface area contributed by atoms with Crippen molar-refractivity contribution in [1.29, 1.82) is 0 Å². The maximum Gasteiger partial charge on any atom is 0.258 e. The number of rotatable bonds is 6. The van der Waals surface area contributed by atoms with Gasteiger partial charge >= 0.3 is 0 Å². The van der Waals surface area contributed by atoms with E-state index in [1.54, 1.807) is 6.20 Å². The summed E-state index contributed by atoms with van der Waals surface area (Å²) in [5.74, 6) is 0.349. The van der Waals surface area contributed by atoms with E-state index >= 15 is 0 Å². The first-order chi connectivity index (χ1) is 23.6. The minimum atomic E-state index is -0.268. The fourth-order valence-corrected chi connectivity index (χ4v) is 8.89. The van der Waals surface area contributed by atoms with Crippen molar-refractivity contribution in [2.24, 2.45) is 12.5 Å². The summed E-state index contributed by atoms with van der Waals surface area (Å²) in [6.07, 6.45) is 9.81. The highest BCUT2D eigenvalue weighted by Gasteiger charge is 2.46. The minimum Gasteiger partial charge on any atom is -0.393 e. The average Bonchev–Trinajstić information content (AvgIpc) is 3.62. The number of pyridine rings is 1. The zero-order valence-corrected chi connectivity index (χ0v) is 29.5. The number of likely N-dealkylation sites (tertiary alicyclic amines) is 2. The van der Waals surface area contributed by atoms with Gasteiger partial charge in [-0.25, -0.2) is 4.98 Å². The maximum absolute atomic E-state index is 13.9. The van der Waals surface area contributed by atoms with Crippen LogP contribution in [0.1, 0.15) is 79.2 Å². The molecular weight excluding hydrogens is 614 g/mol. The molecule has 49 heavy (non-hydrogen) atoms. The Kier molecular flexibility index (Phi) is 8.48.